The van der Waals surface area contributed by atoms with E-state index in [9.17, 15) is 9.18 Å². The Labute approximate surface area is 147 Å². The van der Waals surface area contributed by atoms with Gasteiger partial charge in [-0.1, -0.05) is 18.2 Å². The molecule has 1 amide bonds. The number of nitrogens with zero attached hydrogens (tertiary/aromatic N) is 3. The van der Waals surface area contributed by atoms with Gasteiger partial charge < -0.3 is 4.90 Å². The van der Waals surface area contributed by atoms with Gasteiger partial charge >= 0.3 is 0 Å². The number of anilines is 1. The lowest BCUT2D eigenvalue weighted by molar-refractivity contribution is 0.0987. The van der Waals surface area contributed by atoms with E-state index in [-0.39, 0.29) is 11.7 Å². The number of hydrogen-bond acceptors (Lipinski definition) is 3. The van der Waals surface area contributed by atoms with E-state index in [0.29, 0.717) is 11.4 Å². The normalized spacial score (nSPS) is 11.0. The van der Waals surface area contributed by atoms with Gasteiger partial charge in [0.1, 0.15) is 11.5 Å². The fourth-order valence-corrected chi connectivity index (χ4v) is 3.49. The molecule has 6 heteroatoms. The van der Waals surface area contributed by atoms with E-state index in [0.717, 1.165) is 16.2 Å². The van der Waals surface area contributed by atoms with Gasteiger partial charge in [-0.25, -0.2) is 9.37 Å². The number of benzene rings is 2. The first kappa shape index (κ1) is 15.5. The number of carbonyl (C=O) groups is 1. The molecule has 2 aromatic heterocycles. The minimum absolute atomic E-state index is 0.111. The molecule has 0 bridgehead atoms. The van der Waals surface area contributed by atoms with Crippen molar-refractivity contribution >= 4 is 27.9 Å². The zero-order valence-electron chi connectivity index (χ0n) is 13.4. The van der Waals surface area contributed by atoms with Gasteiger partial charge in [-0.2, -0.15) is 0 Å². The van der Waals surface area contributed by atoms with Crippen LogP contribution in [0.5, 0.6) is 0 Å². The zero-order valence-corrected chi connectivity index (χ0v) is 14.2. The second-order valence-electron chi connectivity index (χ2n) is 5.61. The van der Waals surface area contributed by atoms with Crippen LogP contribution in [0.25, 0.3) is 16.2 Å². The smallest absolute Gasteiger partial charge is 0.275 e. The molecular weight excluding hydrogens is 337 g/mol. The Morgan fingerprint density at radius 1 is 1.12 bits per heavy atom. The Balaban J connectivity index is 1.71. The van der Waals surface area contributed by atoms with E-state index < -0.39 is 0 Å². The third-order valence-electron chi connectivity index (χ3n) is 4.02. The van der Waals surface area contributed by atoms with Crippen LogP contribution < -0.4 is 4.90 Å². The number of fused-ring (bicyclic) bond motifs is 1. The quantitative estimate of drug-likeness (QED) is 0.546. The number of rotatable bonds is 3. The molecular formula is C19H14FN3OS. The van der Waals surface area contributed by atoms with Gasteiger partial charge in [0, 0.05) is 29.9 Å². The third kappa shape index (κ3) is 2.81. The molecule has 4 rings (SSSR count). The van der Waals surface area contributed by atoms with Crippen molar-refractivity contribution in [3.63, 3.8) is 0 Å². The molecule has 0 fully saturated rings. The molecule has 0 N–H and O–H groups in total. The highest BCUT2D eigenvalue weighted by atomic mass is 32.1. The van der Waals surface area contributed by atoms with Crippen LogP contribution in [0.15, 0.2) is 66.2 Å². The maximum atomic E-state index is 13.1. The predicted molar refractivity (Wildman–Crippen MR) is 97.6 cm³/mol. The van der Waals surface area contributed by atoms with Crippen molar-refractivity contribution < 1.29 is 9.18 Å². The summed E-state index contributed by atoms with van der Waals surface area (Å²) in [6.45, 7) is 0. The molecule has 0 aliphatic rings. The van der Waals surface area contributed by atoms with E-state index in [2.05, 4.69) is 4.98 Å². The van der Waals surface area contributed by atoms with Gasteiger partial charge in [0.2, 0.25) is 0 Å². The molecule has 0 radical (unpaired) electrons. The summed E-state index contributed by atoms with van der Waals surface area (Å²) in [4.78, 5) is 19.7. The van der Waals surface area contributed by atoms with E-state index in [1.165, 1.54) is 23.5 Å². The first-order valence-corrected chi connectivity index (χ1v) is 8.57. The fraction of sp³-hybridized carbons (Fsp3) is 0.0526. The maximum Gasteiger partial charge on any atom is 0.275 e. The van der Waals surface area contributed by atoms with E-state index in [1.54, 1.807) is 33.9 Å². The number of halogens is 1. The molecule has 124 valence electrons. The average molecular weight is 351 g/mol. The molecule has 0 aliphatic carbocycles. The summed E-state index contributed by atoms with van der Waals surface area (Å²) < 4.78 is 14.9. The Kier molecular flexibility index (Phi) is 3.82. The third-order valence-corrected chi connectivity index (χ3v) is 4.86. The van der Waals surface area contributed by atoms with E-state index >= 15 is 0 Å². The van der Waals surface area contributed by atoms with Crippen molar-refractivity contribution in [2.75, 3.05) is 11.9 Å². The molecule has 0 aliphatic heterocycles. The summed E-state index contributed by atoms with van der Waals surface area (Å²) in [7, 11) is 1.75. The minimum atomic E-state index is -0.287. The molecule has 0 unspecified atom stereocenters. The van der Waals surface area contributed by atoms with Crippen LogP contribution in [-0.2, 0) is 0 Å². The number of aromatic nitrogens is 2. The van der Waals surface area contributed by atoms with Gasteiger partial charge in [0.25, 0.3) is 5.91 Å². The lowest BCUT2D eigenvalue weighted by Gasteiger charge is -2.16. The van der Waals surface area contributed by atoms with Crippen molar-refractivity contribution in [2.24, 2.45) is 0 Å². The molecule has 0 spiro atoms. The number of carbonyl (C=O) groups excluding carboxylic acids is 1. The van der Waals surface area contributed by atoms with E-state index in [1.807, 2.05) is 36.5 Å². The van der Waals surface area contributed by atoms with Crippen molar-refractivity contribution in [1.82, 2.24) is 9.38 Å². The van der Waals surface area contributed by atoms with Crippen molar-refractivity contribution in [3.8, 4) is 11.3 Å². The second kappa shape index (κ2) is 6.14. The number of amides is 1. The summed E-state index contributed by atoms with van der Waals surface area (Å²) in [6, 6.07) is 15.6. The van der Waals surface area contributed by atoms with Gasteiger partial charge in [-0.05, 0) is 36.4 Å². The van der Waals surface area contributed by atoms with Crippen LogP contribution in [0.4, 0.5) is 10.1 Å². The minimum Gasteiger partial charge on any atom is -0.310 e. The van der Waals surface area contributed by atoms with Crippen LogP contribution in [0.3, 0.4) is 0 Å². The molecule has 4 aromatic rings. The molecule has 2 aromatic carbocycles. The van der Waals surface area contributed by atoms with Crippen molar-refractivity contribution in [1.29, 1.82) is 0 Å². The standard InChI is InChI=1S/C19H14FN3OS/c1-22(15-5-3-2-4-6-15)18(24)17-12-25-19-21-16(11-23(17)19)13-7-9-14(20)10-8-13/h2-12H,1H3. The number of hydrogen-bond donors (Lipinski definition) is 0. The number of imidazole rings is 1. The van der Waals surface area contributed by atoms with E-state index in [4.69, 9.17) is 0 Å². The lowest BCUT2D eigenvalue weighted by atomic mass is 10.2. The monoisotopic (exact) mass is 351 g/mol. The van der Waals surface area contributed by atoms with Crippen LogP contribution in [0, 0.1) is 5.82 Å². The highest BCUT2D eigenvalue weighted by Crippen LogP contribution is 2.25. The topological polar surface area (TPSA) is 37.6 Å². The largest absolute Gasteiger partial charge is 0.310 e. The highest BCUT2D eigenvalue weighted by Gasteiger charge is 2.19. The number of thiazole rings is 1. The lowest BCUT2D eigenvalue weighted by Crippen LogP contribution is -2.27. The first-order valence-electron chi connectivity index (χ1n) is 7.69. The van der Waals surface area contributed by atoms with Crippen LogP contribution in [0.1, 0.15) is 10.5 Å². The van der Waals surface area contributed by atoms with Crippen molar-refractivity contribution in [3.05, 3.63) is 77.7 Å². The summed E-state index contributed by atoms with van der Waals surface area (Å²) >= 11 is 1.40. The summed E-state index contributed by atoms with van der Waals surface area (Å²) in [5.74, 6) is -0.398. The number of para-hydroxylation sites is 1. The molecule has 0 atom stereocenters. The average Bonchev–Trinajstić information content (AvgIpc) is 3.22. The van der Waals surface area contributed by atoms with Crippen molar-refractivity contribution in [2.45, 2.75) is 0 Å². The fourth-order valence-electron chi connectivity index (χ4n) is 2.64. The van der Waals surface area contributed by atoms with Gasteiger partial charge in [-0.3, -0.25) is 9.20 Å². The van der Waals surface area contributed by atoms with Gasteiger partial charge in [-0.15, -0.1) is 11.3 Å². The Bertz CT molecular complexity index is 1040. The molecule has 25 heavy (non-hydrogen) atoms. The molecule has 0 saturated heterocycles. The SMILES string of the molecule is CN(C(=O)c1csc2nc(-c3ccc(F)cc3)cn12)c1ccccc1. The van der Waals surface area contributed by atoms with Crippen LogP contribution in [-0.4, -0.2) is 22.3 Å². The Morgan fingerprint density at radius 3 is 2.56 bits per heavy atom. The Hall–Kier alpha value is -2.99. The van der Waals surface area contributed by atoms with Gasteiger partial charge in [0.15, 0.2) is 4.96 Å². The Morgan fingerprint density at radius 2 is 1.84 bits per heavy atom. The maximum absolute atomic E-state index is 13.1. The molecule has 4 nitrogen and oxygen atoms in total. The van der Waals surface area contributed by atoms with Crippen LogP contribution in [0.2, 0.25) is 0 Å². The summed E-state index contributed by atoms with van der Waals surface area (Å²) in [5, 5.41) is 1.80. The molecule has 2 heterocycles. The van der Waals surface area contributed by atoms with Crippen LogP contribution >= 0.6 is 11.3 Å². The first-order chi connectivity index (χ1) is 12.1. The zero-order chi connectivity index (χ0) is 17.4. The molecule has 0 saturated carbocycles. The summed E-state index contributed by atoms with van der Waals surface area (Å²) in [5.41, 5.74) is 2.90. The summed E-state index contributed by atoms with van der Waals surface area (Å²) in [6.07, 6.45) is 1.81. The predicted octanol–water partition coefficient (Wildman–Crippen LogP) is 4.48. The second-order valence-corrected chi connectivity index (χ2v) is 6.44. The van der Waals surface area contributed by atoms with Gasteiger partial charge in [0.05, 0.1) is 5.69 Å². The highest BCUT2D eigenvalue weighted by molar-refractivity contribution is 7.15.